The smallest absolute Gasteiger partial charge is 0.235 e. The van der Waals surface area contributed by atoms with Gasteiger partial charge in [-0.05, 0) is 24.3 Å². The quantitative estimate of drug-likeness (QED) is 0.752. The molecule has 0 saturated heterocycles. The second-order valence-electron chi connectivity index (χ2n) is 4.16. The normalized spacial score (nSPS) is 10.8. The van der Waals surface area contributed by atoms with E-state index < -0.39 is 0 Å². The molecule has 0 saturated carbocycles. The van der Waals surface area contributed by atoms with Crippen LogP contribution in [0, 0.1) is 0 Å². The van der Waals surface area contributed by atoms with E-state index >= 15 is 0 Å². The molecule has 6 heteroatoms. The molecular formula is C14H11ClN2O2S. The van der Waals surface area contributed by atoms with Crippen LogP contribution in [-0.2, 0) is 11.3 Å². The lowest BCUT2D eigenvalue weighted by molar-refractivity contribution is -0.118. The number of benzene rings is 1. The van der Waals surface area contributed by atoms with Crippen LogP contribution in [0.15, 0.2) is 40.8 Å². The summed E-state index contributed by atoms with van der Waals surface area (Å²) in [5.41, 5.74) is 0.959. The number of nitrogens with zero attached hydrogens (tertiary/aromatic N) is 1. The molecule has 20 heavy (non-hydrogen) atoms. The second-order valence-corrected chi connectivity index (χ2v) is 5.46. The number of carbonyl (C=O) groups excluding carboxylic acids is 1. The predicted octanol–water partition coefficient (Wildman–Crippen LogP) is 3.41. The van der Waals surface area contributed by atoms with E-state index in [1.54, 1.807) is 11.3 Å². The number of hydrogen-bond donors (Lipinski definition) is 1. The topological polar surface area (TPSA) is 55.1 Å². The molecule has 0 bridgehead atoms. The Morgan fingerprint density at radius 2 is 2.15 bits per heavy atom. The highest BCUT2D eigenvalue weighted by Gasteiger charge is 2.10. The molecule has 3 aromatic rings. The Morgan fingerprint density at radius 3 is 2.95 bits per heavy atom. The van der Waals surface area contributed by atoms with Crippen LogP contribution in [0.25, 0.3) is 21.0 Å². The maximum absolute atomic E-state index is 11.1. The van der Waals surface area contributed by atoms with Crippen LogP contribution in [-0.4, -0.2) is 16.8 Å². The van der Waals surface area contributed by atoms with Crippen LogP contribution >= 0.6 is 22.9 Å². The summed E-state index contributed by atoms with van der Waals surface area (Å²) >= 11 is 6.99. The molecular weight excluding hydrogens is 296 g/mol. The van der Waals surface area contributed by atoms with Crippen molar-refractivity contribution in [3.8, 4) is 10.8 Å². The van der Waals surface area contributed by atoms with Crippen molar-refractivity contribution in [2.24, 2.45) is 0 Å². The number of aromatic nitrogens is 1. The Kier molecular flexibility index (Phi) is 3.71. The number of furan rings is 1. The van der Waals surface area contributed by atoms with Crippen LogP contribution in [0.1, 0.15) is 5.76 Å². The summed E-state index contributed by atoms with van der Waals surface area (Å²) in [6, 6.07) is 11.6. The molecule has 1 N–H and O–H groups in total. The Balaban J connectivity index is 1.80. The fourth-order valence-corrected chi connectivity index (χ4v) is 2.82. The first-order chi connectivity index (χ1) is 9.76. The first kappa shape index (κ1) is 13.1. The van der Waals surface area contributed by atoms with E-state index in [-0.39, 0.29) is 11.8 Å². The van der Waals surface area contributed by atoms with Crippen molar-refractivity contribution in [1.82, 2.24) is 10.3 Å². The SMILES string of the molecule is O=C(CCl)NCc1ccc(-c2nc3ccccc3s2)o1. The van der Waals surface area contributed by atoms with Crippen LogP contribution in [0.3, 0.4) is 0 Å². The lowest BCUT2D eigenvalue weighted by atomic mass is 10.3. The van der Waals surface area contributed by atoms with E-state index in [2.05, 4.69) is 10.3 Å². The van der Waals surface area contributed by atoms with Gasteiger partial charge in [-0.15, -0.1) is 22.9 Å². The first-order valence-electron chi connectivity index (χ1n) is 6.03. The van der Waals surface area contributed by atoms with Gasteiger partial charge in [0.05, 0.1) is 16.8 Å². The molecule has 2 heterocycles. The molecule has 0 radical (unpaired) electrons. The van der Waals surface area contributed by atoms with Crippen molar-refractivity contribution in [1.29, 1.82) is 0 Å². The van der Waals surface area contributed by atoms with Gasteiger partial charge in [0.15, 0.2) is 10.8 Å². The number of para-hydroxylation sites is 1. The largest absolute Gasteiger partial charge is 0.457 e. The molecule has 0 atom stereocenters. The second kappa shape index (κ2) is 5.64. The first-order valence-corrected chi connectivity index (χ1v) is 7.38. The highest BCUT2D eigenvalue weighted by Crippen LogP contribution is 2.30. The summed E-state index contributed by atoms with van der Waals surface area (Å²) in [7, 11) is 0. The minimum atomic E-state index is -0.218. The number of hydrogen-bond acceptors (Lipinski definition) is 4. The van der Waals surface area contributed by atoms with Gasteiger partial charge in [-0.25, -0.2) is 4.98 Å². The molecule has 3 rings (SSSR count). The Labute approximate surface area is 124 Å². The maximum Gasteiger partial charge on any atom is 0.235 e. The third-order valence-electron chi connectivity index (χ3n) is 2.75. The van der Waals surface area contributed by atoms with Gasteiger partial charge in [0.1, 0.15) is 11.6 Å². The molecule has 0 unspecified atom stereocenters. The van der Waals surface area contributed by atoms with Crippen LogP contribution in [0.4, 0.5) is 0 Å². The number of nitrogens with one attached hydrogen (secondary N) is 1. The number of alkyl halides is 1. The third-order valence-corrected chi connectivity index (χ3v) is 4.04. The maximum atomic E-state index is 11.1. The van der Waals surface area contributed by atoms with E-state index in [9.17, 15) is 4.79 Å². The Bertz CT molecular complexity index is 717. The monoisotopic (exact) mass is 306 g/mol. The average Bonchev–Trinajstić information content (AvgIpc) is 3.10. The summed E-state index contributed by atoms with van der Waals surface area (Å²) in [6.07, 6.45) is 0. The van der Waals surface area contributed by atoms with Gasteiger partial charge in [0.2, 0.25) is 5.91 Å². The van der Waals surface area contributed by atoms with Crippen molar-refractivity contribution in [3.63, 3.8) is 0 Å². The average molecular weight is 307 g/mol. The highest BCUT2D eigenvalue weighted by atomic mass is 35.5. The van der Waals surface area contributed by atoms with Gasteiger partial charge < -0.3 is 9.73 Å². The number of halogens is 1. The Morgan fingerprint density at radius 1 is 1.30 bits per heavy atom. The van der Waals surface area contributed by atoms with Gasteiger partial charge in [-0.1, -0.05) is 12.1 Å². The summed E-state index contributed by atoms with van der Waals surface area (Å²) in [5, 5.41) is 3.49. The Hall–Kier alpha value is -1.85. The minimum absolute atomic E-state index is 0.0502. The summed E-state index contributed by atoms with van der Waals surface area (Å²) in [6.45, 7) is 0.330. The highest BCUT2D eigenvalue weighted by molar-refractivity contribution is 7.21. The molecule has 102 valence electrons. The van der Waals surface area contributed by atoms with E-state index in [1.165, 1.54) is 0 Å². The molecule has 1 aromatic carbocycles. The molecule has 0 aliphatic rings. The molecule has 2 aromatic heterocycles. The van der Waals surface area contributed by atoms with Gasteiger partial charge in [-0.3, -0.25) is 4.79 Å². The number of thiazole rings is 1. The van der Waals surface area contributed by atoms with Gasteiger partial charge >= 0.3 is 0 Å². The van der Waals surface area contributed by atoms with E-state index in [4.69, 9.17) is 16.0 Å². The fraction of sp³-hybridized carbons (Fsp3) is 0.143. The molecule has 0 fully saturated rings. The van der Waals surface area contributed by atoms with Crippen molar-refractivity contribution in [2.75, 3.05) is 5.88 Å². The minimum Gasteiger partial charge on any atom is -0.457 e. The zero-order valence-corrected chi connectivity index (χ0v) is 12.0. The number of rotatable bonds is 4. The zero-order valence-electron chi connectivity index (χ0n) is 10.4. The number of fused-ring (bicyclic) bond motifs is 1. The predicted molar refractivity (Wildman–Crippen MR) is 79.9 cm³/mol. The molecule has 0 spiro atoms. The molecule has 1 amide bonds. The van der Waals surface area contributed by atoms with Crippen molar-refractivity contribution in [3.05, 3.63) is 42.2 Å². The summed E-state index contributed by atoms with van der Waals surface area (Å²) in [5.74, 6) is 1.12. The van der Waals surface area contributed by atoms with Crippen molar-refractivity contribution in [2.45, 2.75) is 6.54 Å². The summed E-state index contributed by atoms with van der Waals surface area (Å²) < 4.78 is 6.81. The molecule has 0 aliphatic carbocycles. The lowest BCUT2D eigenvalue weighted by Crippen LogP contribution is -2.23. The van der Waals surface area contributed by atoms with Gasteiger partial charge in [0.25, 0.3) is 0 Å². The number of carbonyl (C=O) groups is 1. The van der Waals surface area contributed by atoms with Crippen molar-refractivity contribution >= 4 is 39.1 Å². The van der Waals surface area contributed by atoms with Gasteiger partial charge in [0, 0.05) is 0 Å². The van der Waals surface area contributed by atoms with E-state index in [0.717, 1.165) is 15.2 Å². The molecule has 0 aliphatic heterocycles. The van der Waals surface area contributed by atoms with Crippen LogP contribution < -0.4 is 5.32 Å². The van der Waals surface area contributed by atoms with E-state index in [0.29, 0.717) is 18.1 Å². The van der Waals surface area contributed by atoms with Crippen LogP contribution in [0.2, 0.25) is 0 Å². The van der Waals surface area contributed by atoms with Crippen LogP contribution in [0.5, 0.6) is 0 Å². The molecule has 4 nitrogen and oxygen atoms in total. The third kappa shape index (κ3) is 2.69. The number of amides is 1. The lowest BCUT2D eigenvalue weighted by Gasteiger charge is -1.98. The summed E-state index contributed by atoms with van der Waals surface area (Å²) in [4.78, 5) is 15.6. The zero-order chi connectivity index (χ0) is 13.9. The standard InChI is InChI=1S/C14H11ClN2O2S/c15-7-13(18)16-8-9-5-6-11(19-9)14-17-10-3-1-2-4-12(10)20-14/h1-6H,7-8H2,(H,16,18). The van der Waals surface area contributed by atoms with Crippen molar-refractivity contribution < 1.29 is 9.21 Å². The van der Waals surface area contributed by atoms with Gasteiger partial charge in [-0.2, -0.15) is 0 Å². The van der Waals surface area contributed by atoms with E-state index in [1.807, 2.05) is 36.4 Å². The fourth-order valence-electron chi connectivity index (χ4n) is 1.80.